The van der Waals surface area contributed by atoms with E-state index < -0.39 is 0 Å². The van der Waals surface area contributed by atoms with E-state index in [-0.39, 0.29) is 5.91 Å². The number of carbonyl (C=O) groups excluding carboxylic acids is 1. The van der Waals surface area contributed by atoms with Gasteiger partial charge in [0, 0.05) is 17.4 Å². The number of oxazole rings is 1. The van der Waals surface area contributed by atoms with E-state index in [4.69, 9.17) is 4.42 Å². The van der Waals surface area contributed by atoms with E-state index >= 15 is 0 Å². The standard InChI is InChI=1S/C13H10N4O2/c18-13(10-5-15-16-6-10)17-11-3-1-2-9(4-11)12-7-14-8-19-12/h1-8H,(H,15,16)(H,17,18). The predicted octanol–water partition coefficient (Wildman–Crippen LogP) is 2.32. The largest absolute Gasteiger partial charge is 0.444 e. The Labute approximate surface area is 108 Å². The molecule has 1 aromatic carbocycles. The van der Waals surface area contributed by atoms with Crippen molar-refractivity contribution in [2.24, 2.45) is 0 Å². The number of anilines is 1. The highest BCUT2D eigenvalue weighted by atomic mass is 16.3. The van der Waals surface area contributed by atoms with Crippen LogP contribution in [0.25, 0.3) is 11.3 Å². The maximum atomic E-state index is 11.9. The van der Waals surface area contributed by atoms with Crippen molar-refractivity contribution in [2.45, 2.75) is 0 Å². The molecule has 2 aromatic heterocycles. The Balaban J connectivity index is 1.82. The molecule has 6 nitrogen and oxygen atoms in total. The van der Waals surface area contributed by atoms with Crippen molar-refractivity contribution in [1.82, 2.24) is 15.2 Å². The molecule has 3 rings (SSSR count). The number of aromatic amines is 1. The number of amides is 1. The van der Waals surface area contributed by atoms with Gasteiger partial charge in [0.1, 0.15) is 0 Å². The van der Waals surface area contributed by atoms with Crippen molar-refractivity contribution in [2.75, 3.05) is 5.32 Å². The first-order valence-corrected chi connectivity index (χ1v) is 5.62. The second kappa shape index (κ2) is 4.77. The fourth-order valence-corrected chi connectivity index (χ4v) is 1.69. The lowest BCUT2D eigenvalue weighted by Crippen LogP contribution is -2.10. The highest BCUT2D eigenvalue weighted by molar-refractivity contribution is 6.04. The molecule has 6 heteroatoms. The smallest absolute Gasteiger partial charge is 0.258 e. The number of hydrogen-bond donors (Lipinski definition) is 2. The van der Waals surface area contributed by atoms with Crippen LogP contribution in [0, 0.1) is 0 Å². The number of rotatable bonds is 3. The molecule has 0 radical (unpaired) electrons. The van der Waals surface area contributed by atoms with Gasteiger partial charge in [-0.15, -0.1) is 0 Å². The van der Waals surface area contributed by atoms with Crippen LogP contribution in [-0.4, -0.2) is 21.1 Å². The minimum Gasteiger partial charge on any atom is -0.444 e. The van der Waals surface area contributed by atoms with E-state index in [0.29, 0.717) is 17.0 Å². The molecule has 3 aromatic rings. The minimum atomic E-state index is -0.219. The van der Waals surface area contributed by atoms with Gasteiger partial charge in [-0.3, -0.25) is 9.89 Å². The van der Waals surface area contributed by atoms with E-state index in [1.807, 2.05) is 18.2 Å². The number of aromatic nitrogens is 3. The first kappa shape index (κ1) is 11.2. The third-order valence-electron chi connectivity index (χ3n) is 2.60. The van der Waals surface area contributed by atoms with Crippen molar-refractivity contribution >= 4 is 11.6 Å². The summed E-state index contributed by atoms with van der Waals surface area (Å²) in [6.07, 6.45) is 5.99. The highest BCUT2D eigenvalue weighted by Gasteiger charge is 2.08. The lowest BCUT2D eigenvalue weighted by Gasteiger charge is -2.04. The van der Waals surface area contributed by atoms with Crippen molar-refractivity contribution < 1.29 is 9.21 Å². The lowest BCUT2D eigenvalue weighted by atomic mass is 10.1. The second-order valence-corrected chi connectivity index (χ2v) is 3.89. The summed E-state index contributed by atoms with van der Waals surface area (Å²) in [6.45, 7) is 0. The Morgan fingerprint density at radius 2 is 2.26 bits per heavy atom. The number of nitrogens with one attached hydrogen (secondary N) is 2. The number of H-pyrrole nitrogens is 1. The van der Waals surface area contributed by atoms with Gasteiger partial charge < -0.3 is 9.73 Å². The van der Waals surface area contributed by atoms with Crippen LogP contribution >= 0.6 is 0 Å². The molecule has 0 fully saturated rings. The first-order valence-electron chi connectivity index (χ1n) is 5.62. The summed E-state index contributed by atoms with van der Waals surface area (Å²) in [6, 6.07) is 7.34. The van der Waals surface area contributed by atoms with Gasteiger partial charge in [0.2, 0.25) is 0 Å². The van der Waals surface area contributed by atoms with Gasteiger partial charge >= 0.3 is 0 Å². The van der Waals surface area contributed by atoms with Gasteiger partial charge in [0.15, 0.2) is 12.2 Å². The lowest BCUT2D eigenvalue weighted by molar-refractivity contribution is 0.102. The maximum absolute atomic E-state index is 11.9. The van der Waals surface area contributed by atoms with Crippen LogP contribution in [-0.2, 0) is 0 Å². The van der Waals surface area contributed by atoms with Crippen molar-refractivity contribution in [3.63, 3.8) is 0 Å². The summed E-state index contributed by atoms with van der Waals surface area (Å²) < 4.78 is 5.21. The van der Waals surface area contributed by atoms with Crippen LogP contribution < -0.4 is 5.32 Å². The number of carbonyl (C=O) groups is 1. The monoisotopic (exact) mass is 254 g/mol. The third kappa shape index (κ3) is 2.37. The number of hydrogen-bond acceptors (Lipinski definition) is 4. The van der Waals surface area contributed by atoms with Crippen LogP contribution in [0.2, 0.25) is 0 Å². The summed E-state index contributed by atoms with van der Waals surface area (Å²) in [5.41, 5.74) is 2.01. The van der Waals surface area contributed by atoms with E-state index in [0.717, 1.165) is 5.56 Å². The Bertz CT molecular complexity index is 675. The van der Waals surface area contributed by atoms with Gasteiger partial charge in [-0.05, 0) is 12.1 Å². The Kier molecular flexibility index (Phi) is 2.82. The van der Waals surface area contributed by atoms with Gasteiger partial charge in [-0.2, -0.15) is 5.10 Å². The molecule has 0 bridgehead atoms. The Hall–Kier alpha value is -2.89. The summed E-state index contributed by atoms with van der Waals surface area (Å²) in [5, 5.41) is 9.12. The molecule has 0 saturated heterocycles. The van der Waals surface area contributed by atoms with E-state index in [2.05, 4.69) is 20.5 Å². The summed E-state index contributed by atoms with van der Waals surface area (Å²) in [7, 11) is 0. The molecule has 0 aliphatic carbocycles. The molecule has 19 heavy (non-hydrogen) atoms. The molecule has 0 spiro atoms. The second-order valence-electron chi connectivity index (χ2n) is 3.89. The third-order valence-corrected chi connectivity index (χ3v) is 2.60. The average molecular weight is 254 g/mol. The van der Waals surface area contributed by atoms with Crippen molar-refractivity contribution in [3.8, 4) is 11.3 Å². The normalized spacial score (nSPS) is 10.3. The van der Waals surface area contributed by atoms with Crippen molar-refractivity contribution in [1.29, 1.82) is 0 Å². The van der Waals surface area contributed by atoms with Crippen LogP contribution in [0.5, 0.6) is 0 Å². The molecule has 1 amide bonds. The molecule has 0 unspecified atom stereocenters. The van der Waals surface area contributed by atoms with Crippen LogP contribution in [0.4, 0.5) is 5.69 Å². The Morgan fingerprint density at radius 3 is 3.00 bits per heavy atom. The van der Waals surface area contributed by atoms with Gasteiger partial charge in [0.25, 0.3) is 5.91 Å². The fourth-order valence-electron chi connectivity index (χ4n) is 1.69. The molecule has 0 aliphatic heterocycles. The molecule has 0 atom stereocenters. The van der Waals surface area contributed by atoms with Gasteiger partial charge in [-0.25, -0.2) is 4.98 Å². The van der Waals surface area contributed by atoms with Crippen LogP contribution in [0.1, 0.15) is 10.4 Å². The topological polar surface area (TPSA) is 83.8 Å². The van der Waals surface area contributed by atoms with E-state index in [1.165, 1.54) is 18.8 Å². The maximum Gasteiger partial charge on any atom is 0.258 e. The van der Waals surface area contributed by atoms with Crippen LogP contribution in [0.15, 0.2) is 53.7 Å². The fraction of sp³-hybridized carbons (Fsp3) is 0. The Morgan fingerprint density at radius 1 is 1.32 bits per heavy atom. The summed E-state index contributed by atoms with van der Waals surface area (Å²) in [5.74, 6) is 0.433. The SMILES string of the molecule is O=C(Nc1cccc(-c2cnco2)c1)c1cn[nH]c1. The molecule has 2 heterocycles. The molecular weight excluding hydrogens is 244 g/mol. The molecule has 2 N–H and O–H groups in total. The zero-order chi connectivity index (χ0) is 13.1. The molecule has 94 valence electrons. The van der Waals surface area contributed by atoms with Gasteiger partial charge in [-0.1, -0.05) is 12.1 Å². The molecule has 0 aliphatic rings. The van der Waals surface area contributed by atoms with Crippen LogP contribution in [0.3, 0.4) is 0 Å². The zero-order valence-electron chi connectivity index (χ0n) is 9.83. The zero-order valence-corrected chi connectivity index (χ0v) is 9.83. The number of nitrogens with zero attached hydrogens (tertiary/aromatic N) is 2. The van der Waals surface area contributed by atoms with E-state index in [9.17, 15) is 4.79 Å². The summed E-state index contributed by atoms with van der Waals surface area (Å²) in [4.78, 5) is 15.7. The molecular formula is C13H10N4O2. The minimum absolute atomic E-state index is 0.219. The van der Waals surface area contributed by atoms with Gasteiger partial charge in [0.05, 0.1) is 18.0 Å². The van der Waals surface area contributed by atoms with E-state index in [1.54, 1.807) is 12.3 Å². The highest BCUT2D eigenvalue weighted by Crippen LogP contribution is 2.22. The number of benzene rings is 1. The first-order chi connectivity index (χ1) is 9.33. The summed E-state index contributed by atoms with van der Waals surface area (Å²) >= 11 is 0. The average Bonchev–Trinajstić information content (AvgIpc) is 3.13. The van der Waals surface area contributed by atoms with Crippen molar-refractivity contribution in [3.05, 3.63) is 54.8 Å². The predicted molar refractivity (Wildman–Crippen MR) is 68.5 cm³/mol. The molecule has 0 saturated carbocycles. The quantitative estimate of drug-likeness (QED) is 0.751.